The Labute approximate surface area is 59.7 Å². The second-order valence-electron chi connectivity index (χ2n) is 2.31. The minimum atomic E-state index is -0.195. The number of carbonyl (C=O) groups excluding carboxylic acids is 1. The number of nitrogens with two attached hydrogens (primary N) is 1. The predicted molar refractivity (Wildman–Crippen MR) is 38.9 cm³/mol. The van der Waals surface area contributed by atoms with Crippen LogP contribution < -0.4 is 5.73 Å². The lowest BCUT2D eigenvalue weighted by Gasteiger charge is -2.11. The van der Waals surface area contributed by atoms with Gasteiger partial charge in [-0.1, -0.05) is 6.92 Å². The molecular weight excluding hydrogens is 130 g/mol. The van der Waals surface area contributed by atoms with E-state index in [9.17, 15) is 4.79 Å². The summed E-state index contributed by atoms with van der Waals surface area (Å²) in [6.45, 7) is 3.28. The molecule has 4 heteroatoms. The van der Waals surface area contributed by atoms with Crippen LogP contribution in [-0.4, -0.2) is 29.9 Å². The molecule has 2 amide bonds. The molecule has 4 nitrogen and oxygen atoms in total. The summed E-state index contributed by atoms with van der Waals surface area (Å²) in [6.07, 6.45) is 0.953. The van der Waals surface area contributed by atoms with E-state index in [4.69, 9.17) is 5.73 Å². The average Bonchev–Trinajstić information content (AvgIpc) is 2.13. The predicted octanol–water partition coefficient (Wildman–Crippen LogP) is 0.189. The van der Waals surface area contributed by atoms with Crippen LogP contribution in [0.15, 0.2) is 4.99 Å². The van der Waals surface area contributed by atoms with Gasteiger partial charge in [-0.15, -0.1) is 0 Å². The minimum Gasteiger partial charge on any atom is -0.385 e. The van der Waals surface area contributed by atoms with Gasteiger partial charge in [0.25, 0.3) is 0 Å². The highest BCUT2D eigenvalue weighted by molar-refractivity contribution is 6.00. The molecule has 0 aromatic heterocycles. The molecule has 0 saturated heterocycles. The van der Waals surface area contributed by atoms with Crippen LogP contribution in [-0.2, 0) is 0 Å². The van der Waals surface area contributed by atoms with Crippen molar-refractivity contribution in [3.63, 3.8) is 0 Å². The summed E-state index contributed by atoms with van der Waals surface area (Å²) in [5, 5.41) is 0. The van der Waals surface area contributed by atoms with Gasteiger partial charge in [0.05, 0.1) is 6.54 Å². The molecule has 0 aliphatic carbocycles. The average molecular weight is 141 g/mol. The van der Waals surface area contributed by atoms with Crippen LogP contribution in [0.1, 0.15) is 13.3 Å². The maximum Gasteiger partial charge on any atom is 0.345 e. The minimum absolute atomic E-state index is 0.195. The number of urea groups is 1. The van der Waals surface area contributed by atoms with E-state index in [1.807, 2.05) is 6.92 Å². The zero-order valence-corrected chi connectivity index (χ0v) is 6.00. The van der Waals surface area contributed by atoms with Gasteiger partial charge in [0, 0.05) is 6.54 Å². The van der Waals surface area contributed by atoms with Crippen molar-refractivity contribution >= 4 is 11.9 Å². The first kappa shape index (κ1) is 7.05. The highest BCUT2D eigenvalue weighted by Gasteiger charge is 2.19. The Balaban J connectivity index is 2.47. The number of hydrogen-bond acceptors (Lipinski definition) is 2. The van der Waals surface area contributed by atoms with Crippen molar-refractivity contribution in [1.82, 2.24) is 4.90 Å². The van der Waals surface area contributed by atoms with Crippen molar-refractivity contribution in [3.05, 3.63) is 0 Å². The van der Waals surface area contributed by atoms with E-state index in [0.29, 0.717) is 12.4 Å². The number of rotatable bonds is 2. The molecular formula is C6H11N3O. The highest BCUT2D eigenvalue weighted by atomic mass is 16.2. The van der Waals surface area contributed by atoms with E-state index in [0.717, 1.165) is 13.0 Å². The normalized spacial score (nSPS) is 17.9. The SMILES string of the molecule is CCCN1CC(N)=NC1=O. The lowest BCUT2D eigenvalue weighted by molar-refractivity contribution is 0.219. The van der Waals surface area contributed by atoms with E-state index in [-0.39, 0.29) is 6.03 Å². The lowest BCUT2D eigenvalue weighted by atomic mass is 10.4. The fraction of sp³-hybridized carbons (Fsp3) is 0.667. The third-order valence-corrected chi connectivity index (χ3v) is 1.36. The Hall–Kier alpha value is -1.06. The Morgan fingerprint density at radius 2 is 2.50 bits per heavy atom. The van der Waals surface area contributed by atoms with Crippen LogP contribution in [0.3, 0.4) is 0 Å². The van der Waals surface area contributed by atoms with E-state index in [1.165, 1.54) is 0 Å². The highest BCUT2D eigenvalue weighted by Crippen LogP contribution is 2.01. The summed E-state index contributed by atoms with van der Waals surface area (Å²) in [5.74, 6) is 0.429. The fourth-order valence-corrected chi connectivity index (χ4v) is 0.937. The molecule has 1 aliphatic heterocycles. The van der Waals surface area contributed by atoms with Crippen molar-refractivity contribution in [2.24, 2.45) is 10.7 Å². The standard InChI is InChI=1S/C6H11N3O/c1-2-3-9-4-5(7)8-6(9)10/h2-4H2,1H3,(H2,7,8,10). The summed E-state index contributed by atoms with van der Waals surface area (Å²) in [7, 11) is 0. The molecule has 0 aromatic carbocycles. The van der Waals surface area contributed by atoms with Gasteiger partial charge >= 0.3 is 6.03 Å². The van der Waals surface area contributed by atoms with Crippen LogP contribution in [0.4, 0.5) is 4.79 Å². The monoisotopic (exact) mass is 141 g/mol. The number of amides is 2. The zero-order valence-electron chi connectivity index (χ0n) is 6.00. The van der Waals surface area contributed by atoms with Crippen molar-refractivity contribution < 1.29 is 4.79 Å². The smallest absolute Gasteiger partial charge is 0.345 e. The summed E-state index contributed by atoms with van der Waals surface area (Å²) in [4.78, 5) is 16.0. The van der Waals surface area contributed by atoms with Crippen molar-refractivity contribution in [2.75, 3.05) is 13.1 Å². The second-order valence-corrected chi connectivity index (χ2v) is 2.31. The molecule has 0 bridgehead atoms. The molecule has 1 aliphatic rings. The second kappa shape index (κ2) is 2.68. The molecule has 1 heterocycles. The maximum atomic E-state index is 10.8. The summed E-state index contributed by atoms with van der Waals surface area (Å²) in [5.41, 5.74) is 5.33. The summed E-state index contributed by atoms with van der Waals surface area (Å²) >= 11 is 0. The molecule has 2 N–H and O–H groups in total. The van der Waals surface area contributed by atoms with Crippen molar-refractivity contribution in [2.45, 2.75) is 13.3 Å². The number of carbonyl (C=O) groups is 1. The van der Waals surface area contributed by atoms with Gasteiger partial charge in [-0.05, 0) is 6.42 Å². The Morgan fingerprint density at radius 3 is 2.90 bits per heavy atom. The molecule has 0 spiro atoms. The summed E-state index contributed by atoms with van der Waals surface area (Å²) in [6, 6.07) is -0.195. The van der Waals surface area contributed by atoms with Gasteiger partial charge in [-0.25, -0.2) is 4.79 Å². The van der Waals surface area contributed by atoms with Gasteiger partial charge in [0.15, 0.2) is 0 Å². The van der Waals surface area contributed by atoms with Crippen LogP contribution in [0.25, 0.3) is 0 Å². The number of amidine groups is 1. The van der Waals surface area contributed by atoms with Gasteiger partial charge in [0.1, 0.15) is 5.84 Å². The Morgan fingerprint density at radius 1 is 1.80 bits per heavy atom. The first-order chi connectivity index (χ1) is 4.74. The maximum absolute atomic E-state index is 10.8. The van der Waals surface area contributed by atoms with Gasteiger partial charge in [0.2, 0.25) is 0 Å². The number of hydrogen-bond donors (Lipinski definition) is 1. The summed E-state index contributed by atoms with van der Waals surface area (Å²) < 4.78 is 0. The van der Waals surface area contributed by atoms with Crippen molar-refractivity contribution in [1.29, 1.82) is 0 Å². The molecule has 0 radical (unpaired) electrons. The molecule has 0 unspecified atom stereocenters. The van der Waals surface area contributed by atoms with Crippen LogP contribution in [0.5, 0.6) is 0 Å². The van der Waals surface area contributed by atoms with Gasteiger partial charge in [-0.3, -0.25) is 0 Å². The van der Waals surface area contributed by atoms with E-state index in [2.05, 4.69) is 4.99 Å². The molecule has 1 rings (SSSR count). The van der Waals surface area contributed by atoms with E-state index < -0.39 is 0 Å². The van der Waals surface area contributed by atoms with Crippen LogP contribution in [0, 0.1) is 0 Å². The Bertz CT molecular complexity index is 176. The molecule has 0 atom stereocenters. The zero-order chi connectivity index (χ0) is 7.56. The number of nitrogens with zero attached hydrogens (tertiary/aromatic N) is 2. The lowest BCUT2D eigenvalue weighted by Crippen LogP contribution is -2.29. The largest absolute Gasteiger partial charge is 0.385 e. The number of aliphatic imine (C=N–C) groups is 1. The topological polar surface area (TPSA) is 58.7 Å². The van der Waals surface area contributed by atoms with Crippen molar-refractivity contribution in [3.8, 4) is 0 Å². The van der Waals surface area contributed by atoms with Gasteiger partial charge < -0.3 is 10.6 Å². The van der Waals surface area contributed by atoms with Crippen LogP contribution in [0.2, 0.25) is 0 Å². The Kier molecular flexibility index (Phi) is 1.89. The quantitative estimate of drug-likeness (QED) is 0.596. The molecule has 0 aromatic rings. The third-order valence-electron chi connectivity index (χ3n) is 1.36. The third kappa shape index (κ3) is 1.26. The first-order valence-corrected chi connectivity index (χ1v) is 3.36. The molecule has 0 saturated carbocycles. The van der Waals surface area contributed by atoms with Gasteiger partial charge in [-0.2, -0.15) is 4.99 Å². The van der Waals surface area contributed by atoms with Crippen LogP contribution >= 0.6 is 0 Å². The molecule has 56 valence electrons. The van der Waals surface area contributed by atoms with E-state index in [1.54, 1.807) is 4.90 Å². The first-order valence-electron chi connectivity index (χ1n) is 3.36. The molecule has 0 fully saturated rings. The fourth-order valence-electron chi connectivity index (χ4n) is 0.937. The molecule has 10 heavy (non-hydrogen) atoms. The van der Waals surface area contributed by atoms with E-state index >= 15 is 0 Å².